The predicted molar refractivity (Wildman–Crippen MR) is 71.1 cm³/mol. The topological polar surface area (TPSA) is 27.0 Å². The van der Waals surface area contributed by atoms with Gasteiger partial charge in [-0.15, -0.1) is 0 Å². The molecule has 0 aromatic heterocycles. The van der Waals surface area contributed by atoms with E-state index in [2.05, 4.69) is 37.8 Å². The Morgan fingerprint density at radius 3 is 2.82 bits per heavy atom. The zero-order chi connectivity index (χ0) is 12.4. The Hall–Kier alpha value is -1.49. The maximum Gasteiger partial charge on any atom is 0.101 e. The lowest BCUT2D eigenvalue weighted by Gasteiger charge is -2.40. The van der Waals surface area contributed by atoms with Crippen LogP contribution in [0.5, 0.6) is 0 Å². The second kappa shape index (κ2) is 4.79. The zero-order valence-corrected chi connectivity index (χ0v) is 10.9. The largest absolute Gasteiger partial charge is 0.367 e. The summed E-state index contributed by atoms with van der Waals surface area (Å²) in [5, 5.41) is 9.25. The molecule has 1 saturated heterocycles. The van der Waals surface area contributed by atoms with Crippen LogP contribution in [0, 0.1) is 24.2 Å². The molecule has 0 aliphatic carbocycles. The van der Waals surface area contributed by atoms with Gasteiger partial charge in [0.15, 0.2) is 0 Å². The first kappa shape index (κ1) is 12.0. The molecule has 0 N–H and O–H groups in total. The second-order valence-corrected chi connectivity index (χ2v) is 5.14. The fourth-order valence-electron chi connectivity index (χ4n) is 2.78. The van der Waals surface area contributed by atoms with Gasteiger partial charge in [0, 0.05) is 12.6 Å². The van der Waals surface area contributed by atoms with Gasteiger partial charge < -0.3 is 4.90 Å². The Kier molecular flexibility index (Phi) is 3.38. The molecular formula is C15H20N2. The molecule has 0 saturated carbocycles. The molecule has 0 amide bonds. The lowest BCUT2D eigenvalue weighted by Crippen LogP contribution is -2.43. The minimum absolute atomic E-state index is 0.525. The number of benzene rings is 1. The van der Waals surface area contributed by atoms with E-state index in [9.17, 15) is 5.26 Å². The van der Waals surface area contributed by atoms with Crippen LogP contribution in [0.15, 0.2) is 18.2 Å². The summed E-state index contributed by atoms with van der Waals surface area (Å²) >= 11 is 0. The van der Waals surface area contributed by atoms with Crippen LogP contribution in [0.4, 0.5) is 5.69 Å². The summed E-state index contributed by atoms with van der Waals surface area (Å²) in [6.07, 6.45) is 2.52. The first-order valence-corrected chi connectivity index (χ1v) is 6.41. The van der Waals surface area contributed by atoms with Gasteiger partial charge in [0.05, 0.1) is 11.3 Å². The van der Waals surface area contributed by atoms with E-state index in [-0.39, 0.29) is 0 Å². The maximum atomic E-state index is 9.25. The molecule has 1 aromatic carbocycles. The van der Waals surface area contributed by atoms with E-state index in [0.717, 1.165) is 17.8 Å². The van der Waals surface area contributed by atoms with Crippen molar-refractivity contribution in [3.63, 3.8) is 0 Å². The highest BCUT2D eigenvalue weighted by Gasteiger charge is 2.27. The Balaban J connectivity index is 2.43. The van der Waals surface area contributed by atoms with Gasteiger partial charge in [-0.05, 0) is 44.2 Å². The van der Waals surface area contributed by atoms with Crippen LogP contribution in [-0.2, 0) is 0 Å². The van der Waals surface area contributed by atoms with Crippen LogP contribution in [0.25, 0.3) is 0 Å². The monoisotopic (exact) mass is 228 g/mol. The van der Waals surface area contributed by atoms with E-state index in [0.29, 0.717) is 12.0 Å². The van der Waals surface area contributed by atoms with E-state index in [1.54, 1.807) is 0 Å². The average molecular weight is 228 g/mol. The third kappa shape index (κ3) is 2.15. The highest BCUT2D eigenvalue weighted by Crippen LogP contribution is 2.32. The van der Waals surface area contributed by atoms with E-state index in [4.69, 9.17) is 0 Å². The highest BCUT2D eigenvalue weighted by atomic mass is 15.2. The number of hydrogen-bond acceptors (Lipinski definition) is 2. The minimum Gasteiger partial charge on any atom is -0.367 e. The molecule has 2 heteroatoms. The van der Waals surface area contributed by atoms with Gasteiger partial charge in [-0.25, -0.2) is 0 Å². The maximum absolute atomic E-state index is 9.25. The summed E-state index contributed by atoms with van der Waals surface area (Å²) in [6.45, 7) is 7.76. The Labute approximate surface area is 104 Å². The van der Waals surface area contributed by atoms with E-state index < -0.39 is 0 Å². The van der Waals surface area contributed by atoms with E-state index >= 15 is 0 Å². The van der Waals surface area contributed by atoms with E-state index in [1.807, 2.05) is 12.1 Å². The van der Waals surface area contributed by atoms with Gasteiger partial charge >= 0.3 is 0 Å². The number of nitriles is 1. The summed E-state index contributed by atoms with van der Waals surface area (Å²) < 4.78 is 0. The lowest BCUT2D eigenvalue weighted by molar-refractivity contribution is 0.363. The van der Waals surface area contributed by atoms with Crippen LogP contribution in [0.3, 0.4) is 0 Å². The lowest BCUT2D eigenvalue weighted by atomic mass is 9.90. The Morgan fingerprint density at radius 1 is 1.35 bits per heavy atom. The first-order chi connectivity index (χ1) is 8.15. The molecule has 0 bridgehead atoms. The van der Waals surface area contributed by atoms with Gasteiger partial charge in [0.2, 0.25) is 0 Å². The van der Waals surface area contributed by atoms with Gasteiger partial charge in [-0.2, -0.15) is 5.26 Å². The molecule has 90 valence electrons. The third-order valence-corrected chi connectivity index (χ3v) is 4.02. The molecule has 1 heterocycles. The molecule has 2 nitrogen and oxygen atoms in total. The Bertz CT molecular complexity index is 445. The van der Waals surface area contributed by atoms with Crippen molar-refractivity contribution < 1.29 is 0 Å². The molecule has 2 atom stereocenters. The van der Waals surface area contributed by atoms with Crippen LogP contribution in [0.1, 0.15) is 37.8 Å². The Morgan fingerprint density at radius 2 is 2.12 bits per heavy atom. The van der Waals surface area contributed by atoms with Crippen molar-refractivity contribution in [2.75, 3.05) is 11.4 Å². The minimum atomic E-state index is 0.525. The number of para-hydroxylation sites is 1. The molecular weight excluding hydrogens is 208 g/mol. The number of nitrogens with zero attached hydrogens (tertiary/aromatic N) is 2. The quantitative estimate of drug-likeness (QED) is 0.735. The summed E-state index contributed by atoms with van der Waals surface area (Å²) in [5.74, 6) is 0.704. The normalized spacial score (nSPS) is 24.5. The van der Waals surface area contributed by atoms with Crippen LogP contribution >= 0.6 is 0 Å². The van der Waals surface area contributed by atoms with Crippen molar-refractivity contribution in [1.29, 1.82) is 5.26 Å². The number of rotatable bonds is 1. The summed E-state index contributed by atoms with van der Waals surface area (Å²) in [5.41, 5.74) is 3.17. The molecule has 1 fully saturated rings. The molecule has 0 radical (unpaired) electrons. The number of piperidine rings is 1. The fraction of sp³-hybridized carbons (Fsp3) is 0.533. The average Bonchev–Trinajstić information content (AvgIpc) is 2.33. The number of anilines is 1. The molecule has 1 aromatic rings. The van der Waals surface area contributed by atoms with Gasteiger partial charge in [0.25, 0.3) is 0 Å². The molecule has 1 aliphatic rings. The van der Waals surface area contributed by atoms with E-state index in [1.165, 1.54) is 18.4 Å². The fourth-order valence-corrected chi connectivity index (χ4v) is 2.78. The second-order valence-electron chi connectivity index (χ2n) is 5.14. The molecule has 1 aliphatic heterocycles. The SMILES string of the molecule is Cc1cccc(C#N)c1N1CCCC(C)C1C. The summed E-state index contributed by atoms with van der Waals surface area (Å²) in [7, 11) is 0. The smallest absolute Gasteiger partial charge is 0.101 e. The third-order valence-electron chi connectivity index (χ3n) is 4.02. The van der Waals surface area contributed by atoms with Gasteiger partial charge in [0.1, 0.15) is 6.07 Å². The molecule has 2 rings (SSSR count). The summed E-state index contributed by atoms with van der Waals surface area (Å²) in [6, 6.07) is 8.84. The summed E-state index contributed by atoms with van der Waals surface area (Å²) in [4.78, 5) is 2.42. The standard InChI is InChI=1S/C15H20N2/c1-11-7-5-9-17(13(11)3)15-12(2)6-4-8-14(15)10-16/h4,6,8,11,13H,5,7,9H2,1-3H3. The van der Waals surface area contributed by atoms with Crippen LogP contribution in [0.2, 0.25) is 0 Å². The first-order valence-electron chi connectivity index (χ1n) is 6.41. The van der Waals surface area contributed by atoms with Crippen LogP contribution in [-0.4, -0.2) is 12.6 Å². The van der Waals surface area contributed by atoms with Crippen molar-refractivity contribution in [2.24, 2.45) is 5.92 Å². The van der Waals surface area contributed by atoms with Crippen molar-refractivity contribution in [3.8, 4) is 6.07 Å². The van der Waals surface area contributed by atoms with Gasteiger partial charge in [-0.1, -0.05) is 19.1 Å². The molecule has 17 heavy (non-hydrogen) atoms. The van der Waals surface area contributed by atoms with Crippen molar-refractivity contribution in [3.05, 3.63) is 29.3 Å². The highest BCUT2D eigenvalue weighted by molar-refractivity contribution is 5.64. The van der Waals surface area contributed by atoms with Crippen molar-refractivity contribution in [1.82, 2.24) is 0 Å². The number of hydrogen-bond donors (Lipinski definition) is 0. The molecule has 0 spiro atoms. The van der Waals surface area contributed by atoms with Crippen molar-refractivity contribution >= 4 is 5.69 Å². The molecule has 2 unspecified atom stereocenters. The van der Waals surface area contributed by atoms with Crippen LogP contribution < -0.4 is 4.90 Å². The predicted octanol–water partition coefficient (Wildman–Crippen LogP) is 3.49. The number of aryl methyl sites for hydroxylation is 1. The van der Waals surface area contributed by atoms with Gasteiger partial charge in [-0.3, -0.25) is 0 Å². The van der Waals surface area contributed by atoms with Crippen molar-refractivity contribution in [2.45, 2.75) is 39.7 Å². The zero-order valence-electron chi connectivity index (χ0n) is 10.9.